The molecule has 0 aromatic heterocycles. The van der Waals surface area contributed by atoms with Crippen LogP contribution in [0, 0.1) is 0 Å². The zero-order valence-electron chi connectivity index (χ0n) is 10.6. The highest BCUT2D eigenvalue weighted by Crippen LogP contribution is 2.42. The molecule has 0 radical (unpaired) electrons. The van der Waals surface area contributed by atoms with Gasteiger partial charge in [0.15, 0.2) is 0 Å². The van der Waals surface area contributed by atoms with Gasteiger partial charge in [0, 0.05) is 5.56 Å². The van der Waals surface area contributed by atoms with Gasteiger partial charge in [-0.1, -0.05) is 11.6 Å². The number of fused-ring (bicyclic) bond motifs is 1. The van der Waals surface area contributed by atoms with Crippen LogP contribution in [0.2, 0.25) is 5.02 Å². The van der Waals surface area contributed by atoms with Crippen LogP contribution in [-0.4, -0.2) is 12.2 Å². The Balaban J connectivity index is 2.70. The molecular weight excluding hydrogens is 236 g/mol. The highest BCUT2D eigenvalue weighted by molar-refractivity contribution is 6.32. The van der Waals surface area contributed by atoms with E-state index in [1.54, 1.807) is 21.0 Å². The first kappa shape index (κ1) is 12.7. The predicted octanol–water partition coefficient (Wildman–Crippen LogP) is 3.45. The van der Waals surface area contributed by atoms with Crippen molar-refractivity contribution in [2.75, 3.05) is 7.11 Å². The lowest BCUT2D eigenvalue weighted by Gasteiger charge is -2.29. The van der Waals surface area contributed by atoms with Gasteiger partial charge >= 0.3 is 0 Å². The van der Waals surface area contributed by atoms with E-state index >= 15 is 0 Å². The minimum Gasteiger partial charge on any atom is -0.495 e. The molecule has 1 aromatic carbocycles. The molecule has 1 aliphatic carbocycles. The van der Waals surface area contributed by atoms with Crippen LogP contribution in [0.1, 0.15) is 43.4 Å². The fraction of sp³-hybridized carbons (Fsp3) is 0.571. The van der Waals surface area contributed by atoms with Crippen LogP contribution >= 0.6 is 11.6 Å². The number of hydrogen-bond donors (Lipinski definition) is 1. The molecule has 0 unspecified atom stereocenters. The fourth-order valence-electron chi connectivity index (χ4n) is 2.70. The number of rotatable bonds is 2. The molecule has 0 aliphatic heterocycles. The maximum absolute atomic E-state index is 10.3. The first-order valence-corrected chi connectivity index (χ1v) is 6.44. The minimum atomic E-state index is -0.919. The first-order chi connectivity index (χ1) is 7.95. The third-order valence-electron chi connectivity index (χ3n) is 3.37. The Labute approximate surface area is 108 Å². The van der Waals surface area contributed by atoms with Crippen molar-refractivity contribution in [3.8, 4) is 5.75 Å². The van der Waals surface area contributed by atoms with Crippen LogP contribution in [0.3, 0.4) is 0 Å². The summed E-state index contributed by atoms with van der Waals surface area (Å²) in [4.78, 5) is 0. The second-order valence-corrected chi connectivity index (χ2v) is 5.58. The van der Waals surface area contributed by atoms with Crippen molar-refractivity contribution in [3.05, 3.63) is 27.8 Å². The molecular formula is C14H19ClO2. The molecule has 0 atom stereocenters. The minimum absolute atomic E-state index is 0.602. The van der Waals surface area contributed by atoms with Gasteiger partial charge in [0.25, 0.3) is 0 Å². The molecule has 2 rings (SSSR count). The molecule has 0 saturated heterocycles. The summed E-state index contributed by atoms with van der Waals surface area (Å²) in [6.45, 7) is 3.58. The van der Waals surface area contributed by atoms with Gasteiger partial charge in [-0.05, 0) is 56.7 Å². The Kier molecular flexibility index (Phi) is 3.37. The van der Waals surface area contributed by atoms with Crippen molar-refractivity contribution in [1.82, 2.24) is 0 Å². The maximum atomic E-state index is 10.3. The monoisotopic (exact) mass is 254 g/mol. The standard InChI is InChI=1S/C14H19ClO2/c1-14(2,16)12-10-7-5-4-6-9(10)8-11(15)13(12)17-3/h8,16H,4-7H2,1-3H3. The third kappa shape index (κ3) is 2.29. The zero-order chi connectivity index (χ0) is 12.6. The quantitative estimate of drug-likeness (QED) is 0.876. The molecule has 2 nitrogen and oxygen atoms in total. The topological polar surface area (TPSA) is 29.5 Å². The fourth-order valence-corrected chi connectivity index (χ4v) is 3.00. The third-order valence-corrected chi connectivity index (χ3v) is 3.65. The van der Waals surface area contributed by atoms with E-state index in [-0.39, 0.29) is 0 Å². The van der Waals surface area contributed by atoms with Crippen molar-refractivity contribution in [2.45, 2.75) is 45.1 Å². The van der Waals surface area contributed by atoms with Gasteiger partial charge in [-0.2, -0.15) is 0 Å². The van der Waals surface area contributed by atoms with Crippen LogP contribution in [0.5, 0.6) is 5.75 Å². The normalized spacial score (nSPS) is 15.6. The summed E-state index contributed by atoms with van der Waals surface area (Å²) < 4.78 is 5.38. The number of aliphatic hydroxyl groups is 1. The lowest BCUT2D eigenvalue weighted by Crippen LogP contribution is -2.22. The average molecular weight is 255 g/mol. The van der Waals surface area contributed by atoms with E-state index in [1.165, 1.54) is 24.0 Å². The molecule has 1 N–H and O–H groups in total. The van der Waals surface area contributed by atoms with E-state index in [0.29, 0.717) is 10.8 Å². The smallest absolute Gasteiger partial charge is 0.143 e. The molecule has 0 spiro atoms. The van der Waals surface area contributed by atoms with E-state index in [4.69, 9.17) is 16.3 Å². The van der Waals surface area contributed by atoms with Crippen molar-refractivity contribution in [1.29, 1.82) is 0 Å². The zero-order valence-corrected chi connectivity index (χ0v) is 11.4. The van der Waals surface area contributed by atoms with E-state index < -0.39 is 5.60 Å². The molecule has 0 fully saturated rings. The Bertz CT molecular complexity index is 433. The number of ether oxygens (including phenoxy) is 1. The lowest BCUT2D eigenvalue weighted by molar-refractivity contribution is 0.0743. The van der Waals surface area contributed by atoms with Crippen molar-refractivity contribution < 1.29 is 9.84 Å². The summed E-state index contributed by atoms with van der Waals surface area (Å²) in [6, 6.07) is 1.99. The van der Waals surface area contributed by atoms with Crippen molar-refractivity contribution >= 4 is 11.6 Å². The summed E-state index contributed by atoms with van der Waals surface area (Å²) in [5.41, 5.74) is 2.43. The molecule has 94 valence electrons. The molecule has 1 aromatic rings. The van der Waals surface area contributed by atoms with Gasteiger partial charge in [-0.25, -0.2) is 0 Å². The summed E-state index contributed by atoms with van der Waals surface area (Å²) in [5, 5.41) is 10.9. The SMILES string of the molecule is COc1c(Cl)cc2c(c1C(C)(C)O)CCCC2. The number of methoxy groups -OCH3 is 1. The van der Waals surface area contributed by atoms with Crippen molar-refractivity contribution in [2.24, 2.45) is 0 Å². The molecule has 0 saturated carbocycles. The van der Waals surface area contributed by atoms with Crippen LogP contribution in [-0.2, 0) is 18.4 Å². The van der Waals surface area contributed by atoms with E-state index in [2.05, 4.69) is 0 Å². The van der Waals surface area contributed by atoms with Gasteiger partial charge in [0.2, 0.25) is 0 Å². The summed E-state index contributed by atoms with van der Waals surface area (Å²) in [7, 11) is 1.60. The van der Waals surface area contributed by atoms with Gasteiger partial charge in [0.1, 0.15) is 5.75 Å². The first-order valence-electron chi connectivity index (χ1n) is 6.06. The Hall–Kier alpha value is -0.730. The molecule has 1 aliphatic rings. The summed E-state index contributed by atoms with van der Waals surface area (Å²) in [5.74, 6) is 0.625. The van der Waals surface area contributed by atoms with E-state index in [9.17, 15) is 5.11 Å². The lowest BCUT2D eigenvalue weighted by atomic mass is 9.82. The molecule has 3 heteroatoms. The second kappa shape index (κ2) is 4.51. The van der Waals surface area contributed by atoms with E-state index in [0.717, 1.165) is 18.4 Å². The highest BCUT2D eigenvalue weighted by Gasteiger charge is 2.29. The van der Waals surface area contributed by atoms with Crippen LogP contribution in [0.4, 0.5) is 0 Å². The molecule has 17 heavy (non-hydrogen) atoms. The predicted molar refractivity (Wildman–Crippen MR) is 69.9 cm³/mol. The second-order valence-electron chi connectivity index (χ2n) is 5.17. The summed E-state index contributed by atoms with van der Waals surface area (Å²) >= 11 is 6.24. The number of hydrogen-bond acceptors (Lipinski definition) is 2. The largest absolute Gasteiger partial charge is 0.495 e. The molecule has 0 bridgehead atoms. The number of halogens is 1. The highest BCUT2D eigenvalue weighted by atomic mass is 35.5. The Morgan fingerprint density at radius 1 is 1.29 bits per heavy atom. The van der Waals surface area contributed by atoms with Gasteiger partial charge in [-0.15, -0.1) is 0 Å². The molecule has 0 amide bonds. The average Bonchev–Trinajstić information content (AvgIpc) is 2.25. The number of benzene rings is 1. The summed E-state index contributed by atoms with van der Waals surface area (Å²) in [6.07, 6.45) is 4.41. The van der Waals surface area contributed by atoms with E-state index in [1.807, 2.05) is 6.07 Å². The molecule has 0 heterocycles. The van der Waals surface area contributed by atoms with Crippen LogP contribution in [0.15, 0.2) is 6.07 Å². The van der Waals surface area contributed by atoms with Crippen LogP contribution in [0.25, 0.3) is 0 Å². The van der Waals surface area contributed by atoms with Gasteiger partial charge in [0.05, 0.1) is 17.7 Å². The van der Waals surface area contributed by atoms with Gasteiger partial charge in [-0.3, -0.25) is 0 Å². The maximum Gasteiger partial charge on any atom is 0.143 e. The Morgan fingerprint density at radius 2 is 1.94 bits per heavy atom. The number of aryl methyl sites for hydroxylation is 1. The Morgan fingerprint density at radius 3 is 2.53 bits per heavy atom. The van der Waals surface area contributed by atoms with Crippen LogP contribution < -0.4 is 4.74 Å². The van der Waals surface area contributed by atoms with Crippen molar-refractivity contribution in [3.63, 3.8) is 0 Å². The van der Waals surface area contributed by atoms with Gasteiger partial charge < -0.3 is 9.84 Å².